The van der Waals surface area contributed by atoms with Crippen molar-refractivity contribution in [3.8, 4) is 0 Å². The van der Waals surface area contributed by atoms with E-state index in [1.807, 2.05) is 0 Å². The number of carbonyl (C=O) groups excluding carboxylic acids is 2. The third kappa shape index (κ3) is 6.38. The number of methoxy groups -OCH3 is 1. The van der Waals surface area contributed by atoms with Gasteiger partial charge in [-0.25, -0.2) is 17.9 Å². The molecule has 0 unspecified atom stereocenters. The van der Waals surface area contributed by atoms with Gasteiger partial charge in [-0.2, -0.15) is 0 Å². The number of benzene rings is 2. The van der Waals surface area contributed by atoms with Crippen LogP contribution in [-0.2, 0) is 26.1 Å². The smallest absolute Gasteiger partial charge is 0.337 e. The first-order valence-electron chi connectivity index (χ1n) is 10.4. The zero-order valence-electron chi connectivity index (χ0n) is 17.5. The van der Waals surface area contributed by atoms with Gasteiger partial charge in [-0.1, -0.05) is 30.3 Å². The Kier molecular flexibility index (Phi) is 7.81. The Bertz CT molecular complexity index is 982. The minimum absolute atomic E-state index is 0.0142. The van der Waals surface area contributed by atoms with E-state index < -0.39 is 16.0 Å². The zero-order valence-corrected chi connectivity index (χ0v) is 18.4. The Morgan fingerprint density at radius 1 is 0.968 bits per heavy atom. The van der Waals surface area contributed by atoms with E-state index in [4.69, 9.17) is 0 Å². The van der Waals surface area contributed by atoms with E-state index in [2.05, 4.69) is 14.8 Å². The lowest BCUT2D eigenvalue weighted by Crippen LogP contribution is -2.36. The van der Waals surface area contributed by atoms with E-state index in [9.17, 15) is 18.0 Å². The Hall–Kier alpha value is -2.71. The standard InChI is InChI=1S/C23H28N2O5S/c1-30-23(27)20-13-9-17(10-14-20)15-24-22(26)19-11-7-18(8-12-19)16-25-31(28,29)21-5-3-2-4-6-21/h2-6,9-10,13-14,18-19,25H,7-8,11-12,15-16H2,1H3,(H,24,26). The second-order valence-corrected chi connectivity index (χ2v) is 9.56. The van der Waals surface area contributed by atoms with Gasteiger partial charge in [-0.15, -0.1) is 0 Å². The Balaban J connectivity index is 1.41. The van der Waals surface area contributed by atoms with E-state index in [-0.39, 0.29) is 22.6 Å². The van der Waals surface area contributed by atoms with Gasteiger partial charge in [0.05, 0.1) is 17.6 Å². The monoisotopic (exact) mass is 444 g/mol. The van der Waals surface area contributed by atoms with Gasteiger partial charge in [0.15, 0.2) is 0 Å². The summed E-state index contributed by atoms with van der Waals surface area (Å²) in [5.74, 6) is -0.205. The van der Waals surface area contributed by atoms with Crippen molar-refractivity contribution in [2.45, 2.75) is 37.1 Å². The lowest BCUT2D eigenvalue weighted by Gasteiger charge is -2.28. The Labute approximate surface area is 183 Å². The number of nitrogens with one attached hydrogen (secondary N) is 2. The molecule has 0 bridgehead atoms. The molecule has 2 N–H and O–H groups in total. The summed E-state index contributed by atoms with van der Waals surface area (Å²) in [7, 11) is -2.16. The van der Waals surface area contributed by atoms with Crippen molar-refractivity contribution in [3.63, 3.8) is 0 Å². The summed E-state index contributed by atoms with van der Waals surface area (Å²) in [6, 6.07) is 15.3. The number of rotatable bonds is 8. The van der Waals surface area contributed by atoms with E-state index in [0.29, 0.717) is 18.7 Å². The second-order valence-electron chi connectivity index (χ2n) is 7.79. The Morgan fingerprint density at radius 2 is 1.61 bits per heavy atom. The lowest BCUT2D eigenvalue weighted by atomic mass is 9.81. The van der Waals surface area contributed by atoms with Gasteiger partial charge < -0.3 is 10.1 Å². The number of esters is 1. The molecule has 166 valence electrons. The molecule has 1 fully saturated rings. The highest BCUT2D eigenvalue weighted by atomic mass is 32.2. The second kappa shape index (κ2) is 10.5. The van der Waals surface area contributed by atoms with E-state index in [1.165, 1.54) is 7.11 Å². The molecule has 0 heterocycles. The van der Waals surface area contributed by atoms with Crippen molar-refractivity contribution in [2.24, 2.45) is 11.8 Å². The lowest BCUT2D eigenvalue weighted by molar-refractivity contribution is -0.126. The van der Waals surface area contributed by atoms with Crippen LogP contribution < -0.4 is 10.0 Å². The number of sulfonamides is 1. The van der Waals surface area contributed by atoms with Crippen molar-refractivity contribution in [2.75, 3.05) is 13.7 Å². The largest absolute Gasteiger partial charge is 0.465 e. The number of hydrogen-bond acceptors (Lipinski definition) is 5. The molecule has 0 saturated heterocycles. The van der Waals surface area contributed by atoms with Crippen molar-refractivity contribution in [1.29, 1.82) is 0 Å². The van der Waals surface area contributed by atoms with Crippen LogP contribution in [0.5, 0.6) is 0 Å². The van der Waals surface area contributed by atoms with E-state index in [0.717, 1.165) is 31.2 Å². The maximum Gasteiger partial charge on any atom is 0.337 e. The third-order valence-corrected chi connectivity index (χ3v) is 7.11. The molecule has 1 amide bonds. The zero-order chi connectivity index (χ0) is 22.3. The van der Waals surface area contributed by atoms with Crippen molar-refractivity contribution < 1.29 is 22.7 Å². The molecule has 0 radical (unpaired) electrons. The van der Waals surface area contributed by atoms with Crippen molar-refractivity contribution in [3.05, 3.63) is 65.7 Å². The first-order valence-corrected chi connectivity index (χ1v) is 11.9. The van der Waals surface area contributed by atoms with Crippen LogP contribution in [0.4, 0.5) is 0 Å². The Morgan fingerprint density at radius 3 is 2.23 bits per heavy atom. The molecular weight excluding hydrogens is 416 g/mol. The van der Waals surface area contributed by atoms with Gasteiger partial charge in [0.2, 0.25) is 15.9 Å². The third-order valence-electron chi connectivity index (χ3n) is 5.67. The molecule has 0 aromatic heterocycles. The average Bonchev–Trinajstić information content (AvgIpc) is 2.82. The summed E-state index contributed by atoms with van der Waals surface area (Å²) in [5.41, 5.74) is 1.38. The highest BCUT2D eigenvalue weighted by molar-refractivity contribution is 7.89. The highest BCUT2D eigenvalue weighted by Gasteiger charge is 2.27. The van der Waals surface area contributed by atoms with Crippen LogP contribution in [-0.4, -0.2) is 33.9 Å². The van der Waals surface area contributed by atoms with Crippen LogP contribution in [0.25, 0.3) is 0 Å². The van der Waals surface area contributed by atoms with Crippen LogP contribution in [0.15, 0.2) is 59.5 Å². The number of carbonyl (C=O) groups is 2. The first kappa shape index (κ1) is 23.0. The van der Waals surface area contributed by atoms with E-state index in [1.54, 1.807) is 54.6 Å². The number of hydrogen-bond donors (Lipinski definition) is 2. The van der Waals surface area contributed by atoms with Gasteiger partial charge in [0.1, 0.15) is 0 Å². The number of ether oxygens (including phenoxy) is 1. The molecule has 0 aliphatic heterocycles. The summed E-state index contributed by atoms with van der Waals surface area (Å²) in [6.07, 6.45) is 3.10. The molecule has 0 spiro atoms. The maximum atomic E-state index is 12.5. The van der Waals surface area contributed by atoms with Crippen LogP contribution in [0.2, 0.25) is 0 Å². The van der Waals surface area contributed by atoms with Crippen LogP contribution in [0, 0.1) is 11.8 Å². The quantitative estimate of drug-likeness (QED) is 0.610. The summed E-state index contributed by atoms with van der Waals surface area (Å²) < 4.78 is 32.0. The maximum absolute atomic E-state index is 12.5. The topological polar surface area (TPSA) is 102 Å². The first-order chi connectivity index (χ1) is 14.9. The van der Waals surface area contributed by atoms with Crippen molar-refractivity contribution >= 4 is 21.9 Å². The fourth-order valence-electron chi connectivity index (χ4n) is 3.75. The van der Waals surface area contributed by atoms with Gasteiger partial charge >= 0.3 is 5.97 Å². The van der Waals surface area contributed by atoms with Gasteiger partial charge in [-0.05, 0) is 61.4 Å². The fraction of sp³-hybridized carbons (Fsp3) is 0.391. The fourth-order valence-corrected chi connectivity index (χ4v) is 4.89. The summed E-state index contributed by atoms with van der Waals surface area (Å²) in [6.45, 7) is 0.787. The summed E-state index contributed by atoms with van der Waals surface area (Å²) >= 11 is 0. The van der Waals surface area contributed by atoms with Crippen LogP contribution in [0.3, 0.4) is 0 Å². The molecule has 0 atom stereocenters. The molecule has 2 aromatic carbocycles. The molecular formula is C23H28N2O5S. The molecule has 8 heteroatoms. The molecule has 1 aliphatic carbocycles. The van der Waals surface area contributed by atoms with Gasteiger partial charge in [0.25, 0.3) is 0 Å². The van der Waals surface area contributed by atoms with E-state index >= 15 is 0 Å². The molecule has 1 saturated carbocycles. The molecule has 1 aliphatic rings. The molecule has 31 heavy (non-hydrogen) atoms. The van der Waals surface area contributed by atoms with Crippen LogP contribution in [0.1, 0.15) is 41.6 Å². The predicted molar refractivity (Wildman–Crippen MR) is 117 cm³/mol. The molecule has 2 aromatic rings. The van der Waals surface area contributed by atoms with Gasteiger partial charge in [0, 0.05) is 19.0 Å². The summed E-state index contributed by atoms with van der Waals surface area (Å²) in [4.78, 5) is 24.2. The summed E-state index contributed by atoms with van der Waals surface area (Å²) in [5, 5.41) is 2.96. The molecule has 3 rings (SSSR count). The highest BCUT2D eigenvalue weighted by Crippen LogP contribution is 2.29. The minimum atomic E-state index is -3.50. The predicted octanol–water partition coefficient (Wildman–Crippen LogP) is 2.87. The van der Waals surface area contributed by atoms with Crippen LogP contribution >= 0.6 is 0 Å². The average molecular weight is 445 g/mol. The SMILES string of the molecule is COC(=O)c1ccc(CNC(=O)C2CCC(CNS(=O)(=O)c3ccccc3)CC2)cc1. The molecule has 7 nitrogen and oxygen atoms in total. The van der Waals surface area contributed by atoms with Crippen molar-refractivity contribution in [1.82, 2.24) is 10.0 Å². The normalized spacial score (nSPS) is 18.9. The minimum Gasteiger partial charge on any atom is -0.465 e. The number of amides is 1. The van der Waals surface area contributed by atoms with Gasteiger partial charge in [-0.3, -0.25) is 4.79 Å².